The zero-order valence-electron chi connectivity index (χ0n) is 15.3. The predicted octanol–water partition coefficient (Wildman–Crippen LogP) is 2.05. The summed E-state index contributed by atoms with van der Waals surface area (Å²) in [6.45, 7) is 7.40. The van der Waals surface area contributed by atoms with Crippen LogP contribution in [0.5, 0.6) is 0 Å². The molecule has 7 nitrogen and oxygen atoms in total. The van der Waals surface area contributed by atoms with E-state index in [0.717, 1.165) is 37.1 Å². The monoisotopic (exact) mass is 376 g/mol. The van der Waals surface area contributed by atoms with Crippen molar-refractivity contribution in [1.82, 2.24) is 24.9 Å². The van der Waals surface area contributed by atoms with Crippen LogP contribution in [0.3, 0.4) is 0 Å². The Hall–Kier alpha value is -1.25. The summed E-state index contributed by atoms with van der Waals surface area (Å²) >= 11 is 1.54. The first kappa shape index (κ1) is 16.9. The second-order valence-corrected chi connectivity index (χ2v) is 9.24. The molecule has 1 N–H and O–H groups in total. The molecule has 1 aromatic rings. The molecule has 4 saturated heterocycles. The molecule has 5 heterocycles. The van der Waals surface area contributed by atoms with Gasteiger partial charge in [0.25, 0.3) is 0 Å². The van der Waals surface area contributed by atoms with Gasteiger partial charge in [0.15, 0.2) is 0 Å². The van der Waals surface area contributed by atoms with E-state index < -0.39 is 0 Å². The predicted molar refractivity (Wildman–Crippen MR) is 102 cm³/mol. The number of rotatable bonds is 3. The van der Waals surface area contributed by atoms with E-state index in [9.17, 15) is 4.79 Å². The van der Waals surface area contributed by atoms with Gasteiger partial charge in [0.05, 0.1) is 0 Å². The summed E-state index contributed by atoms with van der Waals surface area (Å²) in [5.74, 6) is 1.44. The third-order valence-electron chi connectivity index (χ3n) is 6.80. The fraction of sp³-hybridized carbons (Fsp3) is 0.833. The van der Waals surface area contributed by atoms with Crippen molar-refractivity contribution in [3.05, 3.63) is 5.01 Å². The van der Waals surface area contributed by atoms with Gasteiger partial charge in [-0.15, -0.1) is 10.2 Å². The molecular weight excluding hydrogens is 348 g/mol. The fourth-order valence-electron chi connectivity index (χ4n) is 4.88. The topological polar surface area (TPSA) is 64.6 Å². The van der Waals surface area contributed by atoms with Gasteiger partial charge in [0, 0.05) is 44.7 Å². The van der Waals surface area contributed by atoms with Gasteiger partial charge >= 0.3 is 6.03 Å². The number of nitrogens with zero attached hydrogens (tertiary/aromatic N) is 5. The standard InChI is InChI=1S/C18H28N6OS/c25-18(19-17-21-20-16(26-17)14-2-1-3-14)24-10-8-23(9-11-24)15-12-22-6-4-13(15)5-7-22/h13-15H,1-12H2,(H,19,21,25). The molecule has 1 unspecified atom stereocenters. The number of hydrogen-bond acceptors (Lipinski definition) is 6. The first-order valence-electron chi connectivity index (χ1n) is 10.1. The highest BCUT2D eigenvalue weighted by Crippen LogP contribution is 2.38. The first-order chi connectivity index (χ1) is 12.8. The lowest BCUT2D eigenvalue weighted by Crippen LogP contribution is -2.61. The Morgan fingerprint density at radius 3 is 2.38 bits per heavy atom. The Morgan fingerprint density at radius 2 is 1.77 bits per heavy atom. The minimum absolute atomic E-state index is 0.0186. The van der Waals surface area contributed by atoms with Crippen LogP contribution in [0.1, 0.15) is 43.0 Å². The number of nitrogens with one attached hydrogen (secondary N) is 1. The lowest BCUT2D eigenvalue weighted by molar-refractivity contribution is -0.00971. The molecule has 0 aromatic carbocycles. The summed E-state index contributed by atoms with van der Waals surface area (Å²) < 4.78 is 0. The largest absolute Gasteiger partial charge is 0.323 e. The number of fused-ring (bicyclic) bond motifs is 3. The van der Waals surface area contributed by atoms with E-state index in [1.54, 1.807) is 11.3 Å². The van der Waals surface area contributed by atoms with Crippen molar-refractivity contribution in [2.24, 2.45) is 5.92 Å². The first-order valence-corrected chi connectivity index (χ1v) is 10.9. The molecule has 5 fully saturated rings. The summed E-state index contributed by atoms with van der Waals surface area (Å²) in [6, 6.07) is 0.686. The van der Waals surface area contributed by atoms with Crippen LogP contribution in [0.4, 0.5) is 9.93 Å². The van der Waals surface area contributed by atoms with E-state index >= 15 is 0 Å². The van der Waals surface area contributed by atoms with Gasteiger partial charge in [-0.25, -0.2) is 4.79 Å². The highest BCUT2D eigenvalue weighted by Gasteiger charge is 2.38. The van der Waals surface area contributed by atoms with Crippen LogP contribution in [0.25, 0.3) is 0 Å². The zero-order chi connectivity index (χ0) is 17.5. The van der Waals surface area contributed by atoms with Crippen LogP contribution in [0.2, 0.25) is 0 Å². The molecule has 2 bridgehead atoms. The number of anilines is 1. The van der Waals surface area contributed by atoms with Crippen LogP contribution in [0, 0.1) is 5.92 Å². The number of aromatic nitrogens is 2. The van der Waals surface area contributed by atoms with Gasteiger partial charge in [-0.3, -0.25) is 10.2 Å². The van der Waals surface area contributed by atoms with Gasteiger partial charge in [0.2, 0.25) is 5.13 Å². The number of carbonyl (C=O) groups excluding carboxylic acids is 1. The lowest BCUT2D eigenvalue weighted by Gasteiger charge is -2.50. The second kappa shape index (κ2) is 7.05. The lowest BCUT2D eigenvalue weighted by atomic mass is 9.83. The number of amides is 2. The second-order valence-electron chi connectivity index (χ2n) is 8.23. The summed E-state index contributed by atoms with van der Waals surface area (Å²) in [5, 5.41) is 13.1. The normalized spacial score (nSPS) is 32.5. The van der Waals surface area contributed by atoms with Crippen molar-refractivity contribution in [3.8, 4) is 0 Å². The molecule has 0 radical (unpaired) electrons. The molecular formula is C18H28N6OS. The van der Waals surface area contributed by atoms with Gasteiger partial charge in [-0.05, 0) is 44.7 Å². The van der Waals surface area contributed by atoms with Crippen LogP contribution in [0.15, 0.2) is 0 Å². The maximum atomic E-state index is 12.6. The Kier molecular flexibility index (Phi) is 4.58. The van der Waals surface area contributed by atoms with Crippen LogP contribution in [-0.4, -0.2) is 82.8 Å². The van der Waals surface area contributed by atoms with E-state index in [1.165, 1.54) is 51.7 Å². The average molecular weight is 377 g/mol. The average Bonchev–Trinajstić information content (AvgIpc) is 3.09. The minimum atomic E-state index is -0.0186. The number of hydrogen-bond donors (Lipinski definition) is 1. The zero-order valence-corrected chi connectivity index (χ0v) is 16.1. The molecule has 8 heteroatoms. The van der Waals surface area contributed by atoms with E-state index in [0.29, 0.717) is 17.1 Å². The number of piperazine rings is 1. The summed E-state index contributed by atoms with van der Waals surface area (Å²) in [6.07, 6.45) is 6.42. The highest BCUT2D eigenvalue weighted by molar-refractivity contribution is 7.15. The molecule has 6 rings (SSSR count). The van der Waals surface area contributed by atoms with Crippen molar-refractivity contribution in [3.63, 3.8) is 0 Å². The van der Waals surface area contributed by atoms with Crippen molar-refractivity contribution in [2.75, 3.05) is 51.1 Å². The Bertz CT molecular complexity index is 646. The molecule has 142 valence electrons. The molecule has 0 spiro atoms. The van der Waals surface area contributed by atoms with Crippen molar-refractivity contribution < 1.29 is 4.79 Å². The van der Waals surface area contributed by atoms with E-state index in [1.807, 2.05) is 4.90 Å². The number of piperidine rings is 3. The van der Waals surface area contributed by atoms with Crippen LogP contribution < -0.4 is 5.32 Å². The maximum absolute atomic E-state index is 12.6. The van der Waals surface area contributed by atoms with Crippen molar-refractivity contribution >= 4 is 22.5 Å². The molecule has 1 saturated carbocycles. The number of urea groups is 1. The van der Waals surface area contributed by atoms with Gasteiger partial charge in [-0.2, -0.15) is 0 Å². The van der Waals surface area contributed by atoms with Gasteiger partial charge in [-0.1, -0.05) is 17.8 Å². The van der Waals surface area contributed by atoms with Crippen molar-refractivity contribution in [1.29, 1.82) is 0 Å². The third-order valence-corrected chi connectivity index (χ3v) is 7.80. The maximum Gasteiger partial charge on any atom is 0.323 e. The minimum Gasteiger partial charge on any atom is -0.322 e. The molecule has 1 aromatic heterocycles. The quantitative estimate of drug-likeness (QED) is 0.875. The molecule has 4 aliphatic heterocycles. The van der Waals surface area contributed by atoms with E-state index in [2.05, 4.69) is 25.3 Å². The van der Waals surface area contributed by atoms with Gasteiger partial charge in [0.1, 0.15) is 5.01 Å². The van der Waals surface area contributed by atoms with Crippen molar-refractivity contribution in [2.45, 2.75) is 44.1 Å². The SMILES string of the molecule is O=C(Nc1nnc(C2CCC2)s1)N1CCN(C2CN3CCC2CC3)CC1. The van der Waals surface area contributed by atoms with Crippen LogP contribution in [-0.2, 0) is 0 Å². The Labute approximate surface area is 158 Å². The molecule has 26 heavy (non-hydrogen) atoms. The summed E-state index contributed by atoms with van der Waals surface area (Å²) in [4.78, 5) is 19.7. The molecule has 2 amide bonds. The summed E-state index contributed by atoms with van der Waals surface area (Å²) in [5.41, 5.74) is 0. The Morgan fingerprint density at radius 1 is 1.00 bits per heavy atom. The van der Waals surface area contributed by atoms with E-state index in [-0.39, 0.29) is 6.03 Å². The Balaban J connectivity index is 1.13. The molecule has 1 aliphatic carbocycles. The van der Waals surface area contributed by atoms with Gasteiger partial charge < -0.3 is 9.80 Å². The number of carbonyl (C=O) groups is 1. The highest BCUT2D eigenvalue weighted by atomic mass is 32.1. The third kappa shape index (κ3) is 3.23. The fourth-order valence-corrected chi connectivity index (χ4v) is 5.78. The summed E-state index contributed by atoms with van der Waals surface area (Å²) in [7, 11) is 0. The van der Waals surface area contributed by atoms with Crippen LogP contribution >= 0.6 is 11.3 Å². The molecule has 1 atom stereocenters. The smallest absolute Gasteiger partial charge is 0.322 e. The van der Waals surface area contributed by atoms with E-state index in [4.69, 9.17) is 0 Å². The molecule has 5 aliphatic rings.